The molecule has 29 heavy (non-hydrogen) atoms. The van der Waals surface area contributed by atoms with Gasteiger partial charge >= 0.3 is 5.97 Å². The second-order valence-corrected chi connectivity index (χ2v) is 8.19. The number of aromatic amines is 1. The van der Waals surface area contributed by atoms with E-state index in [1.54, 1.807) is 0 Å². The van der Waals surface area contributed by atoms with Crippen LogP contribution in [0.4, 0.5) is 5.69 Å². The molecule has 2 aromatic rings. The number of esters is 1. The Morgan fingerprint density at radius 2 is 1.86 bits per heavy atom. The van der Waals surface area contributed by atoms with Crippen LogP contribution >= 0.6 is 0 Å². The lowest BCUT2D eigenvalue weighted by Crippen LogP contribution is -2.18. The van der Waals surface area contributed by atoms with E-state index in [1.165, 1.54) is 0 Å². The molecule has 0 fully saturated rings. The predicted molar refractivity (Wildman–Crippen MR) is 116 cm³/mol. The summed E-state index contributed by atoms with van der Waals surface area (Å²) in [6.07, 6.45) is 5.45. The molecule has 1 atom stereocenters. The number of aromatic nitrogens is 1. The maximum atomic E-state index is 12.9. The summed E-state index contributed by atoms with van der Waals surface area (Å²) in [6.45, 7) is 4.42. The summed E-state index contributed by atoms with van der Waals surface area (Å²) in [6, 6.07) is 8.35. The van der Waals surface area contributed by atoms with Gasteiger partial charge in [0.25, 0.3) is 0 Å². The number of Topliss-reactive ketones (excluding diaryl/α,β-unsaturated/α-hetero) is 1. The molecule has 1 heterocycles. The highest BCUT2D eigenvalue weighted by Gasteiger charge is 2.32. The van der Waals surface area contributed by atoms with Gasteiger partial charge in [-0.25, -0.2) is 4.79 Å². The zero-order chi connectivity index (χ0) is 21.0. The monoisotopic (exact) mass is 396 g/mol. The average molecular weight is 397 g/mol. The maximum Gasteiger partial charge on any atom is 0.355 e. The van der Waals surface area contributed by atoms with Crippen molar-refractivity contribution in [3.63, 3.8) is 0 Å². The molecule has 0 saturated carbocycles. The van der Waals surface area contributed by atoms with Crippen LogP contribution < -0.4 is 4.90 Å². The minimum Gasteiger partial charge on any atom is -0.461 e. The summed E-state index contributed by atoms with van der Waals surface area (Å²) in [5.74, 6) is -0.126. The number of benzene rings is 1. The zero-order valence-electron chi connectivity index (χ0n) is 18.0. The normalized spacial score (nSPS) is 15.9. The molecule has 1 aromatic carbocycles. The Morgan fingerprint density at radius 1 is 1.14 bits per heavy atom. The summed E-state index contributed by atoms with van der Waals surface area (Å²) < 4.78 is 5.43. The molecular formula is C24H32N2O3. The van der Waals surface area contributed by atoms with Crippen LogP contribution in [0, 0.1) is 6.92 Å². The molecule has 0 unspecified atom stereocenters. The number of ether oxygens (including phenoxy) is 1. The fourth-order valence-electron chi connectivity index (χ4n) is 4.08. The lowest BCUT2D eigenvalue weighted by molar-refractivity contribution is 0.0490. The van der Waals surface area contributed by atoms with Crippen molar-refractivity contribution in [1.29, 1.82) is 0 Å². The number of anilines is 1. The first-order valence-electron chi connectivity index (χ1n) is 10.6. The third-order valence-electron chi connectivity index (χ3n) is 5.80. The number of ketones is 1. The van der Waals surface area contributed by atoms with Gasteiger partial charge in [-0.3, -0.25) is 4.79 Å². The first-order valence-corrected chi connectivity index (χ1v) is 10.6. The highest BCUT2D eigenvalue weighted by Crippen LogP contribution is 2.35. The van der Waals surface area contributed by atoms with Crippen molar-refractivity contribution < 1.29 is 14.3 Å². The highest BCUT2D eigenvalue weighted by molar-refractivity contribution is 6.03. The molecule has 5 heteroatoms. The van der Waals surface area contributed by atoms with Crippen LogP contribution in [0.15, 0.2) is 24.3 Å². The number of rotatable bonds is 8. The molecule has 5 nitrogen and oxygen atoms in total. The number of carbonyl (C=O) groups excluding carboxylic acids is 2. The molecule has 1 aromatic heterocycles. The van der Waals surface area contributed by atoms with E-state index in [4.69, 9.17) is 4.74 Å². The van der Waals surface area contributed by atoms with E-state index in [0.717, 1.165) is 54.6 Å². The standard InChI is InChI=1S/C24H32N2O3/c1-5-6-7-8-13-29-24(28)23-16(2)22-20(25-23)14-18(15-21(22)27)17-9-11-19(12-10-17)26(3)4/h9-12,18,25H,5-8,13-15H2,1-4H3/t18-/m1/s1. The number of hydrogen-bond acceptors (Lipinski definition) is 4. The molecule has 1 aliphatic rings. The molecule has 3 rings (SSSR count). The van der Waals surface area contributed by atoms with E-state index < -0.39 is 0 Å². The average Bonchev–Trinajstić information content (AvgIpc) is 3.04. The molecule has 0 bridgehead atoms. The van der Waals surface area contributed by atoms with Crippen molar-refractivity contribution in [3.05, 3.63) is 52.3 Å². The van der Waals surface area contributed by atoms with Crippen molar-refractivity contribution in [2.24, 2.45) is 0 Å². The van der Waals surface area contributed by atoms with Gasteiger partial charge < -0.3 is 14.6 Å². The van der Waals surface area contributed by atoms with Crippen molar-refractivity contribution in [2.75, 3.05) is 25.6 Å². The van der Waals surface area contributed by atoms with Crippen LogP contribution in [0.1, 0.15) is 82.6 Å². The van der Waals surface area contributed by atoms with Crippen molar-refractivity contribution in [1.82, 2.24) is 4.98 Å². The number of nitrogens with zero attached hydrogens (tertiary/aromatic N) is 1. The molecule has 0 spiro atoms. The summed E-state index contributed by atoms with van der Waals surface area (Å²) >= 11 is 0. The van der Waals surface area contributed by atoms with Crippen molar-refractivity contribution in [2.45, 2.75) is 58.3 Å². The minimum absolute atomic E-state index is 0.101. The van der Waals surface area contributed by atoms with Crippen LogP contribution in [-0.4, -0.2) is 37.4 Å². The lowest BCUT2D eigenvalue weighted by atomic mass is 9.81. The topological polar surface area (TPSA) is 62.4 Å². The largest absolute Gasteiger partial charge is 0.461 e. The van der Waals surface area contributed by atoms with Crippen molar-refractivity contribution in [3.8, 4) is 0 Å². The second-order valence-electron chi connectivity index (χ2n) is 8.19. The van der Waals surface area contributed by atoms with Crippen LogP contribution in [0.5, 0.6) is 0 Å². The van der Waals surface area contributed by atoms with E-state index in [-0.39, 0.29) is 17.7 Å². The molecule has 156 valence electrons. The van der Waals surface area contributed by atoms with E-state index in [1.807, 2.05) is 21.0 Å². The van der Waals surface area contributed by atoms with Gasteiger partial charge in [0.15, 0.2) is 5.78 Å². The van der Waals surface area contributed by atoms with Crippen LogP contribution in [0.3, 0.4) is 0 Å². The quantitative estimate of drug-likeness (QED) is 0.502. The lowest BCUT2D eigenvalue weighted by Gasteiger charge is -2.23. The number of carbonyl (C=O) groups is 2. The second kappa shape index (κ2) is 9.29. The van der Waals surface area contributed by atoms with Crippen LogP contribution in [0.2, 0.25) is 0 Å². The van der Waals surface area contributed by atoms with Gasteiger partial charge in [0.2, 0.25) is 0 Å². The van der Waals surface area contributed by atoms with Gasteiger partial charge in [0.1, 0.15) is 5.69 Å². The number of unbranched alkanes of at least 4 members (excludes halogenated alkanes) is 3. The Kier molecular flexibility index (Phi) is 6.78. The van der Waals surface area contributed by atoms with E-state index in [2.05, 4.69) is 41.1 Å². The van der Waals surface area contributed by atoms with E-state index >= 15 is 0 Å². The van der Waals surface area contributed by atoms with Crippen LogP contribution in [-0.2, 0) is 11.2 Å². The SMILES string of the molecule is CCCCCCOC(=O)c1[nH]c2c(c1C)C(=O)C[C@H](c1ccc(N(C)C)cc1)C2. The smallest absolute Gasteiger partial charge is 0.355 e. The fourth-order valence-corrected chi connectivity index (χ4v) is 4.08. The summed E-state index contributed by atoms with van der Waals surface area (Å²) in [4.78, 5) is 30.6. The zero-order valence-corrected chi connectivity index (χ0v) is 18.0. The Morgan fingerprint density at radius 3 is 2.52 bits per heavy atom. The van der Waals surface area contributed by atoms with Gasteiger partial charge in [-0.2, -0.15) is 0 Å². The Bertz CT molecular complexity index is 865. The molecule has 0 amide bonds. The molecule has 0 aliphatic heterocycles. The first-order chi connectivity index (χ1) is 13.9. The Balaban J connectivity index is 1.72. The summed E-state index contributed by atoms with van der Waals surface area (Å²) in [7, 11) is 4.02. The van der Waals surface area contributed by atoms with Crippen molar-refractivity contribution >= 4 is 17.4 Å². The minimum atomic E-state index is -0.354. The van der Waals surface area contributed by atoms with E-state index in [9.17, 15) is 9.59 Å². The third kappa shape index (κ3) is 4.72. The van der Waals surface area contributed by atoms with E-state index in [0.29, 0.717) is 24.3 Å². The maximum absolute atomic E-state index is 12.9. The summed E-state index contributed by atoms with van der Waals surface area (Å²) in [5.41, 5.74) is 4.99. The van der Waals surface area contributed by atoms with Gasteiger partial charge in [-0.1, -0.05) is 38.3 Å². The van der Waals surface area contributed by atoms with Gasteiger partial charge in [-0.15, -0.1) is 0 Å². The molecule has 1 N–H and O–H groups in total. The third-order valence-corrected chi connectivity index (χ3v) is 5.80. The number of fused-ring (bicyclic) bond motifs is 1. The Labute approximate surface area is 173 Å². The number of H-pyrrole nitrogens is 1. The van der Waals surface area contributed by atoms with Gasteiger partial charge in [0.05, 0.1) is 6.61 Å². The molecule has 0 radical (unpaired) electrons. The predicted octanol–water partition coefficient (Wildman–Crippen LogP) is 5.04. The Hall–Kier alpha value is -2.56. The first kappa shape index (κ1) is 21.2. The number of nitrogens with one attached hydrogen (secondary N) is 1. The fraction of sp³-hybridized carbons (Fsp3) is 0.500. The van der Waals surface area contributed by atoms with Gasteiger partial charge in [-0.05, 0) is 48.9 Å². The van der Waals surface area contributed by atoms with Gasteiger partial charge in [0, 0.05) is 37.5 Å². The highest BCUT2D eigenvalue weighted by atomic mass is 16.5. The number of hydrogen-bond donors (Lipinski definition) is 1. The van der Waals surface area contributed by atoms with Crippen LogP contribution in [0.25, 0.3) is 0 Å². The summed E-state index contributed by atoms with van der Waals surface area (Å²) in [5, 5.41) is 0. The molecule has 1 aliphatic carbocycles. The molecule has 0 saturated heterocycles. The molecular weight excluding hydrogens is 364 g/mol.